The van der Waals surface area contributed by atoms with Crippen LogP contribution in [0.25, 0.3) is 0 Å². The van der Waals surface area contributed by atoms with E-state index in [4.69, 9.17) is 40.0 Å². The Balaban J connectivity index is 0. The molecule has 0 aliphatic rings. The molecule has 0 rings (SSSR count). The van der Waals surface area contributed by atoms with Crippen molar-refractivity contribution in [2.75, 3.05) is 47.0 Å². The van der Waals surface area contributed by atoms with E-state index >= 15 is 0 Å². The third kappa shape index (κ3) is 22.2. The summed E-state index contributed by atoms with van der Waals surface area (Å²) in [4.78, 5) is 0. The molecule has 0 spiro atoms. The van der Waals surface area contributed by atoms with E-state index < -0.39 is 30.5 Å². The van der Waals surface area contributed by atoms with Gasteiger partial charge < -0.3 is 28.4 Å². The van der Waals surface area contributed by atoms with Crippen LogP contribution in [0.15, 0.2) is 0 Å². The third-order valence-corrected chi connectivity index (χ3v) is 8.43. The monoisotopic (exact) mass is 678 g/mol. The standard InChI is InChI=1S/C19H39ClO3.C16H31F3O3/c1-5-9-10-11-12-13-15-18(16-14-17-20)19(21-6-2,22-7-3)23-8-4;1-5-6-7-8-9-10-11-14(12-13-15(17,18)19)16(20-2,21-3)22-4/h18H,5-17H2,1-4H3;14H,5-13H2,1-4H3. The van der Waals surface area contributed by atoms with E-state index in [2.05, 4.69) is 13.8 Å². The van der Waals surface area contributed by atoms with Crippen molar-refractivity contribution in [1.29, 1.82) is 0 Å². The van der Waals surface area contributed by atoms with Crippen LogP contribution in [0.4, 0.5) is 13.2 Å². The lowest BCUT2D eigenvalue weighted by atomic mass is 9.93. The highest BCUT2D eigenvalue weighted by atomic mass is 35.5. The molecule has 10 heteroatoms. The summed E-state index contributed by atoms with van der Waals surface area (Å²) in [6.45, 7) is 12.2. The molecule has 0 aliphatic heterocycles. The molecule has 45 heavy (non-hydrogen) atoms. The molecule has 0 saturated heterocycles. The van der Waals surface area contributed by atoms with Crippen LogP contribution < -0.4 is 0 Å². The SMILES string of the molecule is CCCCCCCCC(CCC(F)(F)F)C(OC)(OC)OC.CCCCCCCCC(CCCCl)C(OCC)(OCC)OCC. The molecule has 2 atom stereocenters. The van der Waals surface area contributed by atoms with Gasteiger partial charge in [0.15, 0.2) is 0 Å². The lowest BCUT2D eigenvalue weighted by Crippen LogP contribution is -2.46. The minimum absolute atomic E-state index is 0.0615. The fourth-order valence-corrected chi connectivity index (χ4v) is 5.99. The molecule has 0 radical (unpaired) electrons. The first-order valence-electron chi connectivity index (χ1n) is 17.7. The molecule has 0 amide bonds. The molecule has 0 aromatic heterocycles. The normalized spacial score (nSPS) is 13.9. The molecule has 0 fully saturated rings. The zero-order valence-corrected chi connectivity index (χ0v) is 30.9. The Morgan fingerprint density at radius 2 is 0.844 bits per heavy atom. The molecule has 2 unspecified atom stereocenters. The van der Waals surface area contributed by atoms with Gasteiger partial charge >= 0.3 is 6.18 Å². The van der Waals surface area contributed by atoms with Crippen molar-refractivity contribution in [3.8, 4) is 0 Å². The first-order chi connectivity index (χ1) is 21.5. The first-order valence-corrected chi connectivity index (χ1v) is 18.3. The Bertz CT molecular complexity index is 597. The highest BCUT2D eigenvalue weighted by Gasteiger charge is 2.42. The molecular formula is C35H70ClF3O6. The second kappa shape index (κ2) is 29.9. The summed E-state index contributed by atoms with van der Waals surface area (Å²) in [5.41, 5.74) is 0. The Morgan fingerprint density at radius 1 is 0.489 bits per heavy atom. The van der Waals surface area contributed by atoms with Crippen LogP contribution in [0, 0.1) is 11.8 Å². The van der Waals surface area contributed by atoms with E-state index in [9.17, 15) is 13.2 Å². The second-order valence-corrected chi connectivity index (χ2v) is 12.0. The van der Waals surface area contributed by atoms with Gasteiger partial charge in [0.2, 0.25) is 0 Å². The topological polar surface area (TPSA) is 55.4 Å². The quantitative estimate of drug-likeness (QED) is 0.0428. The minimum Gasteiger partial charge on any atom is -0.331 e. The fourth-order valence-electron chi connectivity index (χ4n) is 5.83. The number of rotatable bonds is 30. The summed E-state index contributed by atoms with van der Waals surface area (Å²) < 4.78 is 71.2. The summed E-state index contributed by atoms with van der Waals surface area (Å²) in [6, 6.07) is 0. The molecular weight excluding hydrogens is 609 g/mol. The number of halogens is 4. The summed E-state index contributed by atoms with van der Waals surface area (Å²) in [5.74, 6) is -1.82. The summed E-state index contributed by atoms with van der Waals surface area (Å²) in [7, 11) is 4.19. The number of alkyl halides is 4. The molecule has 6 nitrogen and oxygen atoms in total. The van der Waals surface area contributed by atoms with Crippen LogP contribution in [0.2, 0.25) is 0 Å². The summed E-state index contributed by atoms with van der Waals surface area (Å²) in [5, 5.41) is 0. The minimum atomic E-state index is -4.18. The highest BCUT2D eigenvalue weighted by Crippen LogP contribution is 2.36. The number of methoxy groups -OCH3 is 3. The molecule has 0 aromatic rings. The zero-order valence-electron chi connectivity index (χ0n) is 30.2. The van der Waals surface area contributed by atoms with Crippen LogP contribution in [-0.4, -0.2) is 65.2 Å². The van der Waals surface area contributed by atoms with Gasteiger partial charge in [0, 0.05) is 65.3 Å². The predicted octanol–water partition coefficient (Wildman–Crippen LogP) is 11.4. The smallest absolute Gasteiger partial charge is 0.331 e. The molecule has 0 N–H and O–H groups in total. The van der Waals surface area contributed by atoms with Crippen LogP contribution in [0.5, 0.6) is 0 Å². The zero-order chi connectivity index (χ0) is 34.5. The molecule has 0 heterocycles. The van der Waals surface area contributed by atoms with Crippen molar-refractivity contribution in [3.05, 3.63) is 0 Å². The Hall–Kier alpha value is -0.160. The van der Waals surface area contributed by atoms with Crippen molar-refractivity contribution in [2.24, 2.45) is 11.8 Å². The molecule has 0 bridgehead atoms. The molecule has 0 aliphatic carbocycles. The maximum absolute atomic E-state index is 12.5. The number of hydrogen-bond acceptors (Lipinski definition) is 6. The summed E-state index contributed by atoms with van der Waals surface area (Å²) in [6.07, 6.45) is 12.8. The summed E-state index contributed by atoms with van der Waals surface area (Å²) >= 11 is 5.92. The molecule has 274 valence electrons. The van der Waals surface area contributed by atoms with E-state index in [0.717, 1.165) is 38.5 Å². The molecule has 0 aromatic carbocycles. The Morgan fingerprint density at radius 3 is 1.18 bits per heavy atom. The van der Waals surface area contributed by atoms with Crippen molar-refractivity contribution < 1.29 is 41.6 Å². The van der Waals surface area contributed by atoms with E-state index in [1.807, 2.05) is 20.8 Å². The third-order valence-electron chi connectivity index (χ3n) is 8.16. The largest absolute Gasteiger partial charge is 0.389 e. The number of unbranched alkanes of at least 4 members (excludes halogenated alkanes) is 10. The van der Waals surface area contributed by atoms with Gasteiger partial charge in [-0.3, -0.25) is 0 Å². The van der Waals surface area contributed by atoms with Crippen molar-refractivity contribution in [2.45, 2.75) is 168 Å². The second-order valence-electron chi connectivity index (χ2n) is 11.6. The Kier molecular flexibility index (Phi) is 31.2. The van der Waals surface area contributed by atoms with Gasteiger partial charge in [0.05, 0.1) is 0 Å². The van der Waals surface area contributed by atoms with Crippen molar-refractivity contribution in [3.63, 3.8) is 0 Å². The van der Waals surface area contributed by atoms with Crippen molar-refractivity contribution in [1.82, 2.24) is 0 Å². The van der Waals surface area contributed by atoms with Gasteiger partial charge in [-0.05, 0) is 52.9 Å². The number of hydrogen-bond donors (Lipinski definition) is 0. The average molecular weight is 679 g/mol. The van der Waals surface area contributed by atoms with Gasteiger partial charge in [-0.1, -0.05) is 90.9 Å². The van der Waals surface area contributed by atoms with E-state index in [1.165, 1.54) is 79.1 Å². The lowest BCUT2D eigenvalue weighted by molar-refractivity contribution is -0.403. The van der Waals surface area contributed by atoms with Crippen molar-refractivity contribution >= 4 is 11.6 Å². The first kappa shape index (κ1) is 47.0. The highest BCUT2D eigenvalue weighted by molar-refractivity contribution is 6.17. The van der Waals surface area contributed by atoms with E-state index in [0.29, 0.717) is 32.1 Å². The number of ether oxygens (including phenoxy) is 6. The van der Waals surface area contributed by atoms with E-state index in [-0.39, 0.29) is 12.3 Å². The van der Waals surface area contributed by atoms with Gasteiger partial charge in [-0.15, -0.1) is 11.6 Å². The van der Waals surface area contributed by atoms with Crippen LogP contribution in [0.3, 0.4) is 0 Å². The maximum Gasteiger partial charge on any atom is 0.389 e. The van der Waals surface area contributed by atoms with Crippen LogP contribution in [0.1, 0.15) is 150 Å². The van der Waals surface area contributed by atoms with Gasteiger partial charge in [-0.2, -0.15) is 13.2 Å². The predicted molar refractivity (Wildman–Crippen MR) is 180 cm³/mol. The lowest BCUT2D eigenvalue weighted by Gasteiger charge is -2.39. The van der Waals surface area contributed by atoms with Gasteiger partial charge in [0.25, 0.3) is 11.9 Å². The maximum atomic E-state index is 12.5. The fraction of sp³-hybridized carbons (Fsp3) is 1.00. The van der Waals surface area contributed by atoms with Crippen LogP contribution >= 0.6 is 11.6 Å². The average Bonchev–Trinajstić information content (AvgIpc) is 3.01. The van der Waals surface area contributed by atoms with Crippen LogP contribution in [-0.2, 0) is 28.4 Å². The van der Waals surface area contributed by atoms with Gasteiger partial charge in [-0.25, -0.2) is 0 Å². The molecule has 0 saturated carbocycles. The van der Waals surface area contributed by atoms with E-state index in [1.54, 1.807) is 0 Å². The Labute approximate surface area is 280 Å². The van der Waals surface area contributed by atoms with Gasteiger partial charge in [0.1, 0.15) is 0 Å².